The van der Waals surface area contributed by atoms with Crippen LogP contribution in [0.25, 0.3) is 0 Å². The Morgan fingerprint density at radius 2 is 1.66 bits per heavy atom. The molecule has 3 rings (SSSR count). The summed E-state index contributed by atoms with van der Waals surface area (Å²) >= 11 is 12.1. The number of hydrogen-bond donors (Lipinski definition) is 2. The molecule has 0 aliphatic rings. The Morgan fingerprint density at radius 1 is 0.969 bits per heavy atom. The third-order valence-corrected chi connectivity index (χ3v) is 6.40. The highest BCUT2D eigenvalue weighted by Gasteiger charge is 2.24. The number of nitrogens with one attached hydrogen (secondary N) is 2. The summed E-state index contributed by atoms with van der Waals surface area (Å²) in [5.74, 6) is 0.651. The Labute approximate surface area is 196 Å². The van der Waals surface area contributed by atoms with Crippen LogP contribution in [-0.2, 0) is 14.8 Å². The van der Waals surface area contributed by atoms with Gasteiger partial charge in [0.05, 0.1) is 28.8 Å². The summed E-state index contributed by atoms with van der Waals surface area (Å²) in [6.07, 6.45) is 0. The fourth-order valence-corrected chi connectivity index (χ4v) is 4.44. The molecule has 7 nitrogen and oxygen atoms in total. The molecule has 0 saturated carbocycles. The number of amides is 1. The van der Waals surface area contributed by atoms with Gasteiger partial charge in [-0.15, -0.1) is 0 Å². The summed E-state index contributed by atoms with van der Waals surface area (Å²) in [7, 11) is -2.60. The number of carbonyl (C=O) groups is 1. The lowest BCUT2D eigenvalue weighted by Gasteiger charge is -2.17. The maximum atomic E-state index is 12.7. The average molecular weight is 495 g/mol. The number of sulfonamides is 1. The molecule has 10 heteroatoms. The molecule has 0 saturated heterocycles. The van der Waals surface area contributed by atoms with E-state index < -0.39 is 22.0 Å². The van der Waals surface area contributed by atoms with Crippen LogP contribution in [0.1, 0.15) is 6.92 Å². The Morgan fingerprint density at radius 3 is 2.31 bits per heavy atom. The van der Waals surface area contributed by atoms with Gasteiger partial charge >= 0.3 is 0 Å². The van der Waals surface area contributed by atoms with E-state index in [9.17, 15) is 13.2 Å². The fourth-order valence-electron chi connectivity index (χ4n) is 2.71. The molecule has 1 atom stereocenters. The van der Waals surface area contributed by atoms with Crippen LogP contribution in [0.3, 0.4) is 0 Å². The summed E-state index contributed by atoms with van der Waals surface area (Å²) in [4.78, 5) is 12.6. The zero-order valence-corrected chi connectivity index (χ0v) is 19.5. The van der Waals surface area contributed by atoms with E-state index in [1.807, 2.05) is 18.2 Å². The minimum Gasteiger partial charge on any atom is -0.495 e. The SMILES string of the molecule is COc1ccc(S(=O)(=O)N[C@H](C)C(=O)Nc2cc(Cl)ccc2Oc2ccccc2)cc1Cl. The lowest BCUT2D eigenvalue weighted by Crippen LogP contribution is -2.41. The van der Waals surface area contributed by atoms with Crippen molar-refractivity contribution in [3.63, 3.8) is 0 Å². The summed E-state index contributed by atoms with van der Waals surface area (Å²) < 4.78 is 38.5. The van der Waals surface area contributed by atoms with Gasteiger partial charge < -0.3 is 14.8 Å². The van der Waals surface area contributed by atoms with Gasteiger partial charge in [0.25, 0.3) is 0 Å². The first kappa shape index (κ1) is 23.9. The largest absolute Gasteiger partial charge is 0.495 e. The smallest absolute Gasteiger partial charge is 0.242 e. The molecule has 0 fully saturated rings. The topological polar surface area (TPSA) is 93.7 Å². The summed E-state index contributed by atoms with van der Waals surface area (Å²) in [6.45, 7) is 1.42. The molecular weight excluding hydrogens is 475 g/mol. The van der Waals surface area contributed by atoms with Gasteiger partial charge in [-0.3, -0.25) is 4.79 Å². The molecule has 168 valence electrons. The molecule has 0 aliphatic carbocycles. The van der Waals surface area contributed by atoms with E-state index in [1.165, 1.54) is 38.3 Å². The van der Waals surface area contributed by atoms with E-state index >= 15 is 0 Å². The number of carbonyl (C=O) groups excluding carboxylic acids is 1. The van der Waals surface area contributed by atoms with Crippen LogP contribution in [0.15, 0.2) is 71.6 Å². The van der Waals surface area contributed by atoms with Crippen molar-refractivity contribution in [1.29, 1.82) is 0 Å². The van der Waals surface area contributed by atoms with E-state index in [1.54, 1.807) is 24.3 Å². The van der Waals surface area contributed by atoms with Gasteiger partial charge in [-0.1, -0.05) is 41.4 Å². The van der Waals surface area contributed by atoms with Gasteiger partial charge in [-0.05, 0) is 55.5 Å². The summed E-state index contributed by atoms with van der Waals surface area (Å²) in [6, 6.07) is 16.6. The maximum Gasteiger partial charge on any atom is 0.242 e. The Hall–Kier alpha value is -2.78. The van der Waals surface area contributed by atoms with E-state index in [2.05, 4.69) is 10.0 Å². The quantitative estimate of drug-likeness (QED) is 0.454. The van der Waals surface area contributed by atoms with Crippen molar-refractivity contribution < 1.29 is 22.7 Å². The highest BCUT2D eigenvalue weighted by atomic mass is 35.5. The number of para-hydroxylation sites is 1. The van der Waals surface area contributed by atoms with Crippen molar-refractivity contribution in [2.24, 2.45) is 0 Å². The van der Waals surface area contributed by atoms with Crippen molar-refractivity contribution in [3.05, 3.63) is 76.8 Å². The summed E-state index contributed by atoms with van der Waals surface area (Å²) in [5, 5.41) is 3.16. The highest BCUT2D eigenvalue weighted by Crippen LogP contribution is 2.32. The predicted octanol–water partition coefficient (Wildman–Crippen LogP) is 5.10. The number of halogens is 2. The first-order valence-corrected chi connectivity index (χ1v) is 11.6. The van der Waals surface area contributed by atoms with E-state index in [0.717, 1.165) is 0 Å². The molecule has 0 unspecified atom stereocenters. The molecule has 1 amide bonds. The van der Waals surface area contributed by atoms with Crippen molar-refractivity contribution in [3.8, 4) is 17.2 Å². The van der Waals surface area contributed by atoms with Gasteiger partial charge in [0, 0.05) is 5.02 Å². The molecule has 0 radical (unpaired) electrons. The molecule has 0 aromatic heterocycles. The molecule has 0 bridgehead atoms. The zero-order valence-electron chi connectivity index (χ0n) is 17.1. The lowest BCUT2D eigenvalue weighted by atomic mass is 10.2. The molecule has 3 aromatic carbocycles. The second-order valence-electron chi connectivity index (χ2n) is 6.68. The van der Waals surface area contributed by atoms with Gasteiger partial charge in [-0.25, -0.2) is 8.42 Å². The fraction of sp³-hybridized carbons (Fsp3) is 0.136. The molecule has 3 aromatic rings. The first-order valence-electron chi connectivity index (χ1n) is 9.39. The van der Waals surface area contributed by atoms with Crippen LogP contribution in [0.4, 0.5) is 5.69 Å². The standard InChI is InChI=1S/C22H20Cl2N2O5S/c1-14(26-32(28,29)17-9-11-20(30-2)18(24)13-17)22(27)25-19-12-15(23)8-10-21(19)31-16-6-4-3-5-7-16/h3-14,26H,1-2H3,(H,25,27)/t14-/m1/s1. The Balaban J connectivity index is 1.75. The second-order valence-corrected chi connectivity index (χ2v) is 9.24. The predicted molar refractivity (Wildman–Crippen MR) is 124 cm³/mol. The monoisotopic (exact) mass is 494 g/mol. The molecule has 0 aliphatic heterocycles. The number of benzene rings is 3. The number of methoxy groups -OCH3 is 1. The normalized spacial score (nSPS) is 12.1. The lowest BCUT2D eigenvalue weighted by molar-refractivity contribution is -0.117. The van der Waals surface area contributed by atoms with Crippen LogP contribution in [0, 0.1) is 0 Å². The van der Waals surface area contributed by atoms with Crippen molar-refractivity contribution >= 4 is 44.8 Å². The van der Waals surface area contributed by atoms with Gasteiger partial charge in [0.1, 0.15) is 11.5 Å². The zero-order chi connectivity index (χ0) is 23.3. The number of hydrogen-bond acceptors (Lipinski definition) is 5. The summed E-state index contributed by atoms with van der Waals surface area (Å²) in [5.41, 5.74) is 0.296. The Bertz CT molecular complexity index is 1220. The average Bonchev–Trinajstić information content (AvgIpc) is 2.76. The van der Waals surface area contributed by atoms with Crippen LogP contribution in [-0.4, -0.2) is 27.5 Å². The molecule has 32 heavy (non-hydrogen) atoms. The van der Waals surface area contributed by atoms with E-state index in [0.29, 0.717) is 28.0 Å². The minimum absolute atomic E-state index is 0.0983. The highest BCUT2D eigenvalue weighted by molar-refractivity contribution is 7.89. The van der Waals surface area contributed by atoms with Crippen molar-refractivity contribution in [2.45, 2.75) is 17.9 Å². The van der Waals surface area contributed by atoms with Crippen LogP contribution < -0.4 is 19.5 Å². The van der Waals surface area contributed by atoms with Crippen molar-refractivity contribution in [2.75, 3.05) is 12.4 Å². The van der Waals surface area contributed by atoms with Crippen molar-refractivity contribution in [1.82, 2.24) is 4.72 Å². The number of rotatable bonds is 8. The molecule has 2 N–H and O–H groups in total. The number of ether oxygens (including phenoxy) is 2. The maximum absolute atomic E-state index is 12.7. The third-order valence-electron chi connectivity index (χ3n) is 4.33. The van der Waals surface area contributed by atoms with Crippen LogP contribution >= 0.6 is 23.2 Å². The van der Waals surface area contributed by atoms with Crippen LogP contribution in [0.2, 0.25) is 10.0 Å². The Kier molecular flexibility index (Phi) is 7.63. The molecular formula is C22H20Cl2N2O5S. The van der Waals surface area contributed by atoms with Gasteiger partial charge in [0.15, 0.2) is 5.75 Å². The first-order chi connectivity index (χ1) is 15.2. The van der Waals surface area contributed by atoms with E-state index in [4.69, 9.17) is 32.7 Å². The van der Waals surface area contributed by atoms with E-state index in [-0.39, 0.29) is 9.92 Å². The second kappa shape index (κ2) is 10.2. The third kappa shape index (κ3) is 5.92. The molecule has 0 spiro atoms. The van der Waals surface area contributed by atoms with Crippen LogP contribution in [0.5, 0.6) is 17.2 Å². The van der Waals surface area contributed by atoms with Gasteiger partial charge in [0.2, 0.25) is 15.9 Å². The molecule has 0 heterocycles. The van der Waals surface area contributed by atoms with Gasteiger partial charge in [-0.2, -0.15) is 4.72 Å². The number of anilines is 1. The minimum atomic E-state index is -4.02.